The summed E-state index contributed by atoms with van der Waals surface area (Å²) in [5, 5.41) is 0. The second-order valence-corrected chi connectivity index (χ2v) is 7.37. The van der Waals surface area contributed by atoms with Crippen LogP contribution in [-0.4, -0.2) is 41.9 Å². The molecule has 2 heterocycles. The van der Waals surface area contributed by atoms with E-state index in [1.54, 1.807) is 29.2 Å². The zero-order chi connectivity index (χ0) is 20.7. The number of nitrogens with zero attached hydrogens (tertiary/aromatic N) is 2. The largest absolute Gasteiger partial charge is 0.443 e. The number of hydrogen-bond acceptors (Lipinski definition) is 5. The molecule has 0 unspecified atom stereocenters. The molecule has 2 aromatic rings. The number of fused-ring (bicyclic) bond motifs is 1. The van der Waals surface area contributed by atoms with Crippen molar-refractivity contribution in [2.24, 2.45) is 5.92 Å². The number of imide groups is 1. The first-order valence-corrected chi connectivity index (χ1v) is 9.36. The van der Waals surface area contributed by atoms with Gasteiger partial charge in [-0.2, -0.15) is 0 Å². The van der Waals surface area contributed by atoms with Crippen LogP contribution in [0.15, 0.2) is 42.5 Å². The molecule has 7 heteroatoms. The molecule has 0 aromatic heterocycles. The average Bonchev–Trinajstić information content (AvgIpc) is 3.21. The average molecular weight is 392 g/mol. The number of carbonyl (C=O) groups is 4. The molecule has 2 aliphatic heterocycles. The van der Waals surface area contributed by atoms with Crippen LogP contribution in [-0.2, 0) is 14.3 Å². The smallest absolute Gasteiger partial charge is 0.313 e. The highest BCUT2D eigenvalue weighted by atomic mass is 16.5. The van der Waals surface area contributed by atoms with Crippen LogP contribution >= 0.6 is 0 Å². The van der Waals surface area contributed by atoms with E-state index in [2.05, 4.69) is 0 Å². The van der Waals surface area contributed by atoms with E-state index in [-0.39, 0.29) is 18.9 Å². The van der Waals surface area contributed by atoms with E-state index in [1.165, 1.54) is 0 Å². The molecule has 1 fully saturated rings. The van der Waals surface area contributed by atoms with Crippen molar-refractivity contribution in [2.75, 3.05) is 18.2 Å². The topological polar surface area (TPSA) is 84.0 Å². The zero-order valence-corrected chi connectivity index (χ0v) is 16.2. The van der Waals surface area contributed by atoms with Gasteiger partial charge in [-0.25, -0.2) is 4.90 Å². The number of ether oxygens (including phenoxy) is 1. The van der Waals surface area contributed by atoms with Crippen molar-refractivity contribution in [3.63, 3.8) is 0 Å². The minimum atomic E-state index is -0.641. The highest BCUT2D eigenvalue weighted by molar-refractivity contribution is 6.21. The minimum Gasteiger partial charge on any atom is -0.443 e. The van der Waals surface area contributed by atoms with Crippen molar-refractivity contribution in [3.8, 4) is 0 Å². The van der Waals surface area contributed by atoms with Crippen LogP contribution in [0.3, 0.4) is 0 Å². The van der Waals surface area contributed by atoms with Crippen molar-refractivity contribution in [1.29, 1.82) is 0 Å². The molecule has 4 rings (SSSR count). The zero-order valence-electron chi connectivity index (χ0n) is 16.2. The third-order valence-corrected chi connectivity index (χ3v) is 5.33. The lowest BCUT2D eigenvalue weighted by Gasteiger charge is -2.20. The molecule has 3 amide bonds. The van der Waals surface area contributed by atoms with Gasteiger partial charge in [0, 0.05) is 18.7 Å². The van der Waals surface area contributed by atoms with Crippen LogP contribution in [0.5, 0.6) is 0 Å². The normalized spacial score (nSPS) is 18.4. The Morgan fingerprint density at radius 2 is 1.69 bits per heavy atom. The Hall–Kier alpha value is -3.48. The second kappa shape index (κ2) is 7.16. The van der Waals surface area contributed by atoms with Gasteiger partial charge in [0.15, 0.2) is 6.73 Å². The summed E-state index contributed by atoms with van der Waals surface area (Å²) < 4.78 is 5.23. The van der Waals surface area contributed by atoms with Gasteiger partial charge in [-0.3, -0.25) is 19.2 Å². The summed E-state index contributed by atoms with van der Waals surface area (Å²) in [4.78, 5) is 52.2. The number of hydrogen-bond donors (Lipinski definition) is 0. The van der Waals surface area contributed by atoms with Crippen LogP contribution in [0.1, 0.15) is 38.3 Å². The predicted octanol–water partition coefficient (Wildman–Crippen LogP) is 2.45. The van der Waals surface area contributed by atoms with E-state index >= 15 is 0 Å². The Bertz CT molecular complexity index is 1010. The van der Waals surface area contributed by atoms with Gasteiger partial charge in [-0.1, -0.05) is 24.3 Å². The molecule has 0 aliphatic carbocycles. The van der Waals surface area contributed by atoms with Gasteiger partial charge in [0.25, 0.3) is 11.8 Å². The lowest BCUT2D eigenvalue weighted by Crippen LogP contribution is -2.35. The van der Waals surface area contributed by atoms with Crippen molar-refractivity contribution in [3.05, 3.63) is 64.7 Å². The molecule has 7 nitrogen and oxygen atoms in total. The molecule has 1 atom stereocenters. The summed E-state index contributed by atoms with van der Waals surface area (Å²) >= 11 is 0. The molecule has 2 aromatic carbocycles. The Labute approximate surface area is 167 Å². The van der Waals surface area contributed by atoms with Gasteiger partial charge in [0.1, 0.15) is 0 Å². The monoisotopic (exact) mass is 392 g/mol. The van der Waals surface area contributed by atoms with Gasteiger partial charge in [-0.05, 0) is 43.2 Å². The van der Waals surface area contributed by atoms with E-state index in [4.69, 9.17) is 4.74 Å². The van der Waals surface area contributed by atoms with Gasteiger partial charge >= 0.3 is 5.97 Å². The number of benzene rings is 2. The van der Waals surface area contributed by atoms with Crippen molar-refractivity contribution >= 4 is 29.4 Å². The van der Waals surface area contributed by atoms with Gasteiger partial charge in [0.05, 0.1) is 17.0 Å². The number of anilines is 1. The van der Waals surface area contributed by atoms with E-state index in [1.807, 2.05) is 32.0 Å². The first-order chi connectivity index (χ1) is 13.9. The van der Waals surface area contributed by atoms with Crippen molar-refractivity contribution in [1.82, 2.24) is 4.90 Å². The summed E-state index contributed by atoms with van der Waals surface area (Å²) in [5.41, 5.74) is 3.35. The summed E-state index contributed by atoms with van der Waals surface area (Å²) in [6.07, 6.45) is 0.0360. The Morgan fingerprint density at radius 3 is 2.34 bits per heavy atom. The molecule has 0 bridgehead atoms. The van der Waals surface area contributed by atoms with Gasteiger partial charge in [0.2, 0.25) is 5.91 Å². The lowest BCUT2D eigenvalue weighted by molar-refractivity contribution is -0.151. The predicted molar refractivity (Wildman–Crippen MR) is 104 cm³/mol. The standard InChI is InChI=1S/C22H20N2O5/c1-13-7-8-14(2)18(9-13)23-11-15(10-19(23)25)22(28)29-12-24-20(26)16-5-3-4-6-17(16)21(24)27/h3-9,15H,10-12H2,1-2H3/t15-/m0/s1. The molecule has 0 radical (unpaired) electrons. The summed E-state index contributed by atoms with van der Waals surface area (Å²) in [7, 11) is 0. The van der Waals surface area contributed by atoms with Crippen molar-refractivity contribution < 1.29 is 23.9 Å². The van der Waals surface area contributed by atoms with Crippen LogP contribution in [0.4, 0.5) is 5.69 Å². The molecular weight excluding hydrogens is 372 g/mol. The summed E-state index contributed by atoms with van der Waals surface area (Å²) in [5.74, 6) is -2.36. The first kappa shape index (κ1) is 18.9. The van der Waals surface area contributed by atoms with Gasteiger partial charge in [-0.15, -0.1) is 0 Å². The summed E-state index contributed by atoms with van der Waals surface area (Å²) in [6.45, 7) is 3.61. The third kappa shape index (κ3) is 3.29. The third-order valence-electron chi connectivity index (χ3n) is 5.33. The van der Waals surface area contributed by atoms with Crippen LogP contribution in [0, 0.1) is 19.8 Å². The minimum absolute atomic E-state index is 0.0360. The maximum Gasteiger partial charge on any atom is 0.313 e. The lowest BCUT2D eigenvalue weighted by atomic mass is 10.1. The van der Waals surface area contributed by atoms with Gasteiger partial charge < -0.3 is 9.64 Å². The number of carbonyl (C=O) groups excluding carboxylic acids is 4. The number of rotatable bonds is 4. The summed E-state index contributed by atoms with van der Waals surface area (Å²) in [6, 6.07) is 12.3. The number of aryl methyl sites for hydroxylation is 2. The first-order valence-electron chi connectivity index (χ1n) is 9.36. The van der Waals surface area contributed by atoms with E-state index < -0.39 is 30.4 Å². The maximum atomic E-state index is 12.5. The fourth-order valence-corrected chi connectivity index (χ4v) is 3.71. The molecule has 0 saturated carbocycles. The fraction of sp³-hybridized carbons (Fsp3) is 0.273. The fourth-order valence-electron chi connectivity index (χ4n) is 3.71. The van der Waals surface area contributed by atoms with Crippen LogP contribution in [0.25, 0.3) is 0 Å². The second-order valence-electron chi connectivity index (χ2n) is 7.37. The number of esters is 1. The highest BCUT2D eigenvalue weighted by Crippen LogP contribution is 2.29. The Kier molecular flexibility index (Phi) is 4.66. The molecule has 29 heavy (non-hydrogen) atoms. The Balaban J connectivity index is 1.41. The SMILES string of the molecule is Cc1ccc(C)c(N2C[C@@H](C(=O)OCN3C(=O)c4ccccc4C3=O)CC2=O)c1. The van der Waals surface area contributed by atoms with E-state index in [9.17, 15) is 19.2 Å². The van der Waals surface area contributed by atoms with Crippen molar-refractivity contribution in [2.45, 2.75) is 20.3 Å². The molecule has 0 spiro atoms. The van der Waals surface area contributed by atoms with Crippen LogP contribution < -0.4 is 4.90 Å². The Morgan fingerprint density at radius 1 is 1.03 bits per heavy atom. The number of amides is 3. The van der Waals surface area contributed by atoms with E-state index in [0.29, 0.717) is 11.1 Å². The van der Waals surface area contributed by atoms with E-state index in [0.717, 1.165) is 21.7 Å². The highest BCUT2D eigenvalue weighted by Gasteiger charge is 2.39. The molecule has 2 aliphatic rings. The molecule has 0 N–H and O–H groups in total. The molecule has 1 saturated heterocycles. The molecular formula is C22H20N2O5. The molecule has 148 valence electrons. The quantitative estimate of drug-likeness (QED) is 0.590. The van der Waals surface area contributed by atoms with Crippen LogP contribution in [0.2, 0.25) is 0 Å². The maximum absolute atomic E-state index is 12.5.